The lowest BCUT2D eigenvalue weighted by atomic mass is 9.51. The third-order valence-electron chi connectivity index (χ3n) is 5.26. The molecule has 0 radical (unpaired) electrons. The van der Waals surface area contributed by atoms with Crippen molar-refractivity contribution in [1.82, 2.24) is 5.06 Å². The molecule has 5 nitrogen and oxygen atoms in total. The number of nitrogens with zero attached hydrogens (tertiary/aromatic N) is 1. The number of hydrogen-bond acceptors (Lipinski definition) is 4. The van der Waals surface area contributed by atoms with Gasteiger partial charge in [-0.3, -0.25) is 9.59 Å². The Morgan fingerprint density at radius 1 is 1.14 bits per heavy atom. The van der Waals surface area contributed by atoms with Crippen molar-refractivity contribution in [2.45, 2.75) is 38.5 Å². The van der Waals surface area contributed by atoms with Crippen molar-refractivity contribution in [2.75, 3.05) is 0 Å². The van der Waals surface area contributed by atoms with E-state index < -0.39 is 17.8 Å². The molecule has 3 aliphatic rings. The lowest BCUT2D eigenvalue weighted by Crippen LogP contribution is -2.44. The van der Waals surface area contributed by atoms with Crippen LogP contribution >= 0.6 is 0 Å². The Morgan fingerprint density at radius 3 is 2.23 bits per heavy atom. The zero-order valence-corrected chi connectivity index (χ0v) is 12.2. The average Bonchev–Trinajstić information content (AvgIpc) is 2.66. The molecule has 4 rings (SSSR count). The fraction of sp³-hybridized carbons (Fsp3) is 0.471. The van der Waals surface area contributed by atoms with Crippen LogP contribution < -0.4 is 0 Å². The van der Waals surface area contributed by atoms with Crippen LogP contribution in [0.4, 0.5) is 0 Å². The Balaban J connectivity index is 1.37. The summed E-state index contributed by atoms with van der Waals surface area (Å²) in [6.07, 6.45) is 6.28. The fourth-order valence-electron chi connectivity index (χ4n) is 4.02. The summed E-state index contributed by atoms with van der Waals surface area (Å²) in [5.41, 5.74) is 1.08. The van der Waals surface area contributed by atoms with Crippen molar-refractivity contribution in [3.8, 4) is 0 Å². The Bertz CT molecular complexity index is 634. The summed E-state index contributed by atoms with van der Waals surface area (Å²) < 4.78 is 0. The first kappa shape index (κ1) is 13.5. The molecule has 22 heavy (non-hydrogen) atoms. The van der Waals surface area contributed by atoms with Gasteiger partial charge in [-0.1, -0.05) is 23.6 Å². The Labute approximate surface area is 128 Å². The number of carbonyl (C=O) groups is 3. The van der Waals surface area contributed by atoms with E-state index in [4.69, 9.17) is 4.84 Å². The minimum Gasteiger partial charge on any atom is -0.330 e. The van der Waals surface area contributed by atoms with Crippen molar-refractivity contribution in [3.63, 3.8) is 0 Å². The molecule has 0 unspecified atom stereocenters. The second-order valence-corrected chi connectivity index (χ2v) is 6.75. The number of hydrogen-bond donors (Lipinski definition) is 0. The van der Waals surface area contributed by atoms with Crippen molar-refractivity contribution in [3.05, 3.63) is 35.4 Å². The largest absolute Gasteiger partial charge is 0.333 e. The third-order valence-corrected chi connectivity index (χ3v) is 5.26. The van der Waals surface area contributed by atoms with Crippen molar-refractivity contribution in [1.29, 1.82) is 0 Å². The maximum atomic E-state index is 12.1. The standard InChI is InChI=1S/C17H17NO4/c19-14(8-11-9-17(10-11)6-3-7-17)22-18-15(20)12-4-1-2-5-13(12)16(18)21/h1-2,4-5,11H,3,6-10H2. The first-order valence-electron chi connectivity index (χ1n) is 7.77. The van der Waals surface area contributed by atoms with Gasteiger partial charge in [-0.25, -0.2) is 4.79 Å². The second-order valence-electron chi connectivity index (χ2n) is 6.75. The molecular weight excluding hydrogens is 282 g/mol. The Morgan fingerprint density at radius 2 is 1.73 bits per heavy atom. The molecule has 1 spiro atoms. The van der Waals surface area contributed by atoms with Crippen molar-refractivity contribution in [2.24, 2.45) is 11.3 Å². The number of fused-ring (bicyclic) bond motifs is 1. The molecule has 114 valence electrons. The predicted molar refractivity (Wildman–Crippen MR) is 76.7 cm³/mol. The van der Waals surface area contributed by atoms with Crippen LogP contribution in [0.2, 0.25) is 0 Å². The van der Waals surface area contributed by atoms with E-state index in [1.54, 1.807) is 24.3 Å². The number of benzene rings is 1. The molecule has 0 bridgehead atoms. The van der Waals surface area contributed by atoms with Crippen LogP contribution in [0.1, 0.15) is 59.2 Å². The molecule has 5 heteroatoms. The number of amides is 2. The van der Waals surface area contributed by atoms with E-state index in [1.807, 2.05) is 0 Å². The zero-order valence-electron chi connectivity index (χ0n) is 12.2. The molecule has 0 aromatic heterocycles. The van der Waals surface area contributed by atoms with Crippen LogP contribution in [0.25, 0.3) is 0 Å². The van der Waals surface area contributed by atoms with Gasteiger partial charge in [-0.05, 0) is 49.1 Å². The van der Waals surface area contributed by atoms with Gasteiger partial charge < -0.3 is 4.84 Å². The smallest absolute Gasteiger partial charge is 0.330 e. The quantitative estimate of drug-likeness (QED) is 0.805. The summed E-state index contributed by atoms with van der Waals surface area (Å²) >= 11 is 0. The highest BCUT2D eigenvalue weighted by Gasteiger charge is 2.49. The summed E-state index contributed by atoms with van der Waals surface area (Å²) in [5.74, 6) is -1.27. The van der Waals surface area contributed by atoms with Crippen LogP contribution in [0.5, 0.6) is 0 Å². The summed E-state index contributed by atoms with van der Waals surface area (Å²) in [6.45, 7) is 0. The maximum absolute atomic E-state index is 12.1. The van der Waals surface area contributed by atoms with Crippen LogP contribution in [-0.2, 0) is 9.63 Å². The number of carbonyl (C=O) groups excluding carboxylic acids is 3. The van der Waals surface area contributed by atoms with Gasteiger partial charge in [0.1, 0.15) is 0 Å². The lowest BCUT2D eigenvalue weighted by molar-refractivity contribution is -0.172. The van der Waals surface area contributed by atoms with Gasteiger partial charge in [0.15, 0.2) is 0 Å². The first-order chi connectivity index (χ1) is 10.6. The summed E-state index contributed by atoms with van der Waals surface area (Å²) in [7, 11) is 0. The van der Waals surface area contributed by atoms with Gasteiger partial charge in [-0.2, -0.15) is 0 Å². The van der Waals surface area contributed by atoms with Crippen LogP contribution in [-0.4, -0.2) is 22.8 Å². The SMILES string of the molecule is O=C(CC1CC2(CCC2)C1)ON1C(=O)c2ccccc2C1=O. The van der Waals surface area contributed by atoms with Crippen molar-refractivity contribution < 1.29 is 19.2 Å². The van der Waals surface area contributed by atoms with Gasteiger partial charge in [-0.15, -0.1) is 0 Å². The van der Waals surface area contributed by atoms with E-state index in [2.05, 4.69) is 0 Å². The number of hydroxylamine groups is 2. The molecular formula is C17H17NO4. The van der Waals surface area contributed by atoms with Gasteiger partial charge in [0, 0.05) is 0 Å². The van der Waals surface area contributed by atoms with Crippen LogP contribution in [0.3, 0.4) is 0 Å². The Kier molecular flexibility index (Phi) is 2.86. The molecule has 1 aliphatic heterocycles. The monoisotopic (exact) mass is 299 g/mol. The van der Waals surface area contributed by atoms with E-state index in [9.17, 15) is 14.4 Å². The summed E-state index contributed by atoms with van der Waals surface area (Å²) in [5, 5.41) is 0.602. The lowest BCUT2D eigenvalue weighted by Gasteiger charge is -2.54. The number of imide groups is 1. The van der Waals surface area contributed by atoms with E-state index in [0.717, 1.165) is 12.8 Å². The molecule has 2 aliphatic carbocycles. The average molecular weight is 299 g/mol. The number of rotatable bonds is 3. The van der Waals surface area contributed by atoms with Gasteiger partial charge >= 0.3 is 5.97 Å². The molecule has 0 N–H and O–H groups in total. The van der Waals surface area contributed by atoms with E-state index in [0.29, 0.717) is 16.4 Å². The molecule has 0 atom stereocenters. The molecule has 0 saturated heterocycles. The second kappa shape index (κ2) is 4.66. The molecule has 1 aromatic carbocycles. The fourth-order valence-corrected chi connectivity index (χ4v) is 4.02. The minimum atomic E-state index is -0.557. The van der Waals surface area contributed by atoms with E-state index in [-0.39, 0.29) is 17.5 Å². The Hall–Kier alpha value is -2.17. The highest BCUT2D eigenvalue weighted by atomic mass is 16.7. The highest BCUT2D eigenvalue weighted by Crippen LogP contribution is 2.59. The molecule has 1 aromatic rings. The zero-order chi connectivity index (χ0) is 15.3. The molecule has 2 fully saturated rings. The van der Waals surface area contributed by atoms with Gasteiger partial charge in [0.05, 0.1) is 17.5 Å². The van der Waals surface area contributed by atoms with E-state index in [1.165, 1.54) is 19.3 Å². The predicted octanol–water partition coefficient (Wildman–Crippen LogP) is 2.71. The summed E-state index contributed by atoms with van der Waals surface area (Å²) in [6, 6.07) is 6.49. The topological polar surface area (TPSA) is 63.7 Å². The minimum absolute atomic E-state index is 0.287. The normalized spacial score (nSPS) is 22.3. The molecule has 1 heterocycles. The molecule has 2 saturated carbocycles. The van der Waals surface area contributed by atoms with Crippen LogP contribution in [0.15, 0.2) is 24.3 Å². The first-order valence-corrected chi connectivity index (χ1v) is 7.77. The third kappa shape index (κ3) is 1.95. The summed E-state index contributed by atoms with van der Waals surface area (Å²) in [4.78, 5) is 41.2. The van der Waals surface area contributed by atoms with Crippen LogP contribution in [0, 0.1) is 11.3 Å². The highest BCUT2D eigenvalue weighted by molar-refractivity contribution is 6.20. The van der Waals surface area contributed by atoms with Gasteiger partial charge in [0.25, 0.3) is 11.8 Å². The maximum Gasteiger partial charge on any atom is 0.333 e. The van der Waals surface area contributed by atoms with Crippen molar-refractivity contribution >= 4 is 17.8 Å². The molecule has 2 amide bonds. The van der Waals surface area contributed by atoms with Gasteiger partial charge in [0.2, 0.25) is 0 Å². The van der Waals surface area contributed by atoms with E-state index >= 15 is 0 Å².